The lowest BCUT2D eigenvalue weighted by molar-refractivity contribution is -0.526. The molecule has 6 fully saturated rings. The van der Waals surface area contributed by atoms with Crippen LogP contribution in [0.4, 0.5) is 0 Å². The first-order chi connectivity index (χ1) is 15.0. The molecule has 174 valence electrons. The summed E-state index contributed by atoms with van der Waals surface area (Å²) < 4.78 is 26.3. The van der Waals surface area contributed by atoms with Crippen molar-refractivity contribution in [1.29, 1.82) is 0 Å². The van der Waals surface area contributed by atoms with Gasteiger partial charge in [-0.05, 0) is 68.4 Å². The highest BCUT2D eigenvalue weighted by Gasteiger charge is 2.90. The Morgan fingerprint density at radius 3 is 2.72 bits per heavy atom. The minimum Gasteiger partial charge on any atom is -0.497 e. The fourth-order valence-electron chi connectivity index (χ4n) is 9.67. The Morgan fingerprint density at radius 2 is 1.94 bits per heavy atom. The minimum atomic E-state index is -1.42. The largest absolute Gasteiger partial charge is 0.497 e. The quantitative estimate of drug-likeness (QED) is 0.579. The van der Waals surface area contributed by atoms with E-state index in [0.29, 0.717) is 18.8 Å². The Labute approximate surface area is 189 Å². The Morgan fingerprint density at radius 1 is 1.16 bits per heavy atom. The average Bonchev–Trinajstić information content (AvgIpc) is 2.84. The molecule has 4 aliphatic carbocycles. The lowest BCUT2D eigenvalue weighted by Gasteiger charge is -2.77. The molecule has 8 aliphatic rings. The van der Waals surface area contributed by atoms with Crippen LogP contribution in [0.1, 0.15) is 59.8 Å². The number of aliphatic hydroxyl groups is 1. The van der Waals surface area contributed by atoms with Gasteiger partial charge in [-0.1, -0.05) is 20.4 Å². The van der Waals surface area contributed by atoms with Crippen molar-refractivity contribution in [2.45, 2.75) is 83.6 Å². The molecular formula is C26H34O6. The maximum absolute atomic E-state index is 14.2. The molecule has 3 spiro atoms. The van der Waals surface area contributed by atoms with Crippen LogP contribution in [0.5, 0.6) is 0 Å². The maximum atomic E-state index is 14.2. The van der Waals surface area contributed by atoms with Gasteiger partial charge in [-0.25, -0.2) is 0 Å². The molecule has 3 saturated heterocycles. The van der Waals surface area contributed by atoms with Crippen LogP contribution in [-0.4, -0.2) is 47.9 Å². The summed E-state index contributed by atoms with van der Waals surface area (Å²) in [6, 6.07) is 0. The summed E-state index contributed by atoms with van der Waals surface area (Å²) in [5.41, 5.74) is 0.163. The number of allylic oxidation sites excluding steroid dienone is 1. The number of rotatable bonds is 0. The van der Waals surface area contributed by atoms with Crippen LogP contribution in [0.15, 0.2) is 23.5 Å². The molecule has 0 radical (unpaired) electrons. The van der Waals surface area contributed by atoms with Crippen LogP contribution in [-0.2, 0) is 23.7 Å². The zero-order valence-electron chi connectivity index (χ0n) is 19.5. The predicted molar refractivity (Wildman–Crippen MR) is 114 cm³/mol. The van der Waals surface area contributed by atoms with Crippen LogP contribution in [0.2, 0.25) is 0 Å². The van der Waals surface area contributed by atoms with Gasteiger partial charge in [0.05, 0.1) is 24.7 Å². The van der Waals surface area contributed by atoms with E-state index in [4.69, 9.17) is 18.9 Å². The number of aliphatic hydroxyl groups excluding tert-OH is 1. The van der Waals surface area contributed by atoms with E-state index in [1.807, 2.05) is 13.8 Å². The molecule has 6 nitrogen and oxygen atoms in total. The molecule has 32 heavy (non-hydrogen) atoms. The standard InChI is InChI=1S/C26H34O6/c1-13-15-8-9-16-24-12-30-26(25(16,18(13)27)21(15)31-23(4,5)32-26)19(28)17(24)22(2,3)11-14-7-6-10-29-20(14)24/h15-17,19,21,28H,1,6-12H2,2-5H3/t15-,16-,17+,19-,21+,24-,25-,26-/m0/s1. The van der Waals surface area contributed by atoms with Crippen LogP contribution >= 0.6 is 0 Å². The molecular weight excluding hydrogens is 408 g/mol. The molecule has 6 heteroatoms. The van der Waals surface area contributed by atoms with E-state index in [-0.39, 0.29) is 29.0 Å². The van der Waals surface area contributed by atoms with Crippen LogP contribution in [0.3, 0.4) is 0 Å². The number of Topliss-reactive ketones (excluding diaryl/α,β-unsaturated/α-hetero) is 1. The van der Waals surface area contributed by atoms with E-state index >= 15 is 0 Å². The van der Waals surface area contributed by atoms with Gasteiger partial charge < -0.3 is 24.1 Å². The Hall–Kier alpha value is -1.21. The summed E-state index contributed by atoms with van der Waals surface area (Å²) in [4.78, 5) is 14.2. The van der Waals surface area contributed by atoms with Crippen molar-refractivity contribution >= 4 is 5.78 Å². The van der Waals surface area contributed by atoms with Gasteiger partial charge in [0.25, 0.3) is 0 Å². The summed E-state index contributed by atoms with van der Waals surface area (Å²) in [5, 5.41) is 12.2. The van der Waals surface area contributed by atoms with Gasteiger partial charge >= 0.3 is 0 Å². The summed E-state index contributed by atoms with van der Waals surface area (Å²) in [6.45, 7) is 13.6. The number of ketones is 1. The lowest BCUT2D eigenvalue weighted by atomic mass is 9.36. The topological polar surface area (TPSA) is 74.2 Å². The Balaban J connectivity index is 1.57. The monoisotopic (exact) mass is 442 g/mol. The third-order valence-electron chi connectivity index (χ3n) is 10.2. The van der Waals surface area contributed by atoms with Crippen LogP contribution < -0.4 is 0 Å². The molecule has 0 unspecified atom stereocenters. The fraction of sp³-hybridized carbons (Fsp3) is 0.808. The van der Waals surface area contributed by atoms with Crippen LogP contribution in [0.25, 0.3) is 0 Å². The van der Waals surface area contributed by atoms with Crippen molar-refractivity contribution in [2.24, 2.45) is 34.0 Å². The summed E-state index contributed by atoms with van der Waals surface area (Å²) in [7, 11) is 0. The molecule has 4 aliphatic heterocycles. The summed E-state index contributed by atoms with van der Waals surface area (Å²) in [6.07, 6.45) is 3.30. The summed E-state index contributed by atoms with van der Waals surface area (Å²) >= 11 is 0. The average molecular weight is 443 g/mol. The predicted octanol–water partition coefficient (Wildman–Crippen LogP) is 3.49. The molecule has 8 rings (SSSR count). The number of carbonyl (C=O) groups excluding carboxylic acids is 1. The zero-order valence-corrected chi connectivity index (χ0v) is 19.5. The van der Waals surface area contributed by atoms with Gasteiger partial charge in [-0.2, -0.15) is 0 Å². The number of hydrogen-bond donors (Lipinski definition) is 1. The second kappa shape index (κ2) is 5.54. The molecule has 0 aromatic rings. The molecule has 0 aromatic heterocycles. The van der Waals surface area contributed by atoms with E-state index in [2.05, 4.69) is 20.4 Å². The fourth-order valence-corrected chi connectivity index (χ4v) is 9.67. The maximum Gasteiger partial charge on any atom is 0.213 e. The van der Waals surface area contributed by atoms with Crippen molar-refractivity contribution < 1.29 is 28.8 Å². The molecule has 0 amide bonds. The van der Waals surface area contributed by atoms with Crippen molar-refractivity contribution in [3.05, 3.63) is 23.5 Å². The van der Waals surface area contributed by atoms with Crippen LogP contribution in [0, 0.1) is 34.0 Å². The second-order valence-electron chi connectivity index (χ2n) is 12.5. The SMILES string of the molecule is C=C1C(=O)[C@@]23[C@@H]4OC(C)(C)O[C@]25OC[C@]2(C6=C(CCCO6)CC(C)(C)[C@H]2[C@@H]5O)[C@@H]3CC[C@@H]14. The van der Waals surface area contributed by atoms with Gasteiger partial charge in [0.1, 0.15) is 17.3 Å². The molecule has 4 heterocycles. The third kappa shape index (κ3) is 1.81. The second-order valence-corrected chi connectivity index (χ2v) is 12.5. The van der Waals surface area contributed by atoms with Gasteiger partial charge in [0.15, 0.2) is 11.6 Å². The van der Waals surface area contributed by atoms with E-state index in [1.165, 1.54) is 5.57 Å². The van der Waals surface area contributed by atoms with Gasteiger partial charge in [0, 0.05) is 11.8 Å². The summed E-state index contributed by atoms with van der Waals surface area (Å²) in [5.74, 6) is -1.65. The first kappa shape index (κ1) is 20.2. The van der Waals surface area contributed by atoms with Crippen molar-refractivity contribution in [3.8, 4) is 0 Å². The number of ether oxygens (including phenoxy) is 4. The van der Waals surface area contributed by atoms with Crippen molar-refractivity contribution in [3.63, 3.8) is 0 Å². The molecule has 1 N–H and O–H groups in total. The first-order valence-corrected chi connectivity index (χ1v) is 12.3. The van der Waals surface area contributed by atoms with Gasteiger partial charge in [-0.15, -0.1) is 0 Å². The highest BCUT2D eigenvalue weighted by atomic mass is 16.8. The zero-order chi connectivity index (χ0) is 22.5. The van der Waals surface area contributed by atoms with E-state index in [9.17, 15) is 9.90 Å². The van der Waals surface area contributed by atoms with Gasteiger partial charge in [0.2, 0.25) is 5.79 Å². The minimum absolute atomic E-state index is 0.0246. The van der Waals surface area contributed by atoms with E-state index in [0.717, 1.165) is 37.9 Å². The highest BCUT2D eigenvalue weighted by Crippen LogP contribution is 2.80. The number of hydrogen-bond acceptors (Lipinski definition) is 6. The number of fused-ring (bicyclic) bond motifs is 1. The van der Waals surface area contributed by atoms with Crippen molar-refractivity contribution in [2.75, 3.05) is 13.2 Å². The molecule has 0 aromatic carbocycles. The first-order valence-electron chi connectivity index (χ1n) is 12.3. The molecule has 8 atom stereocenters. The third-order valence-corrected chi connectivity index (χ3v) is 10.2. The van der Waals surface area contributed by atoms with Crippen molar-refractivity contribution in [1.82, 2.24) is 0 Å². The van der Waals surface area contributed by atoms with E-state index in [1.54, 1.807) is 0 Å². The Kier molecular flexibility index (Phi) is 3.49. The highest BCUT2D eigenvalue weighted by molar-refractivity contribution is 6.05. The lowest BCUT2D eigenvalue weighted by Crippen LogP contribution is -2.87. The molecule has 3 saturated carbocycles. The van der Waals surface area contributed by atoms with Gasteiger partial charge in [-0.3, -0.25) is 4.79 Å². The number of carbonyl (C=O) groups is 1. The smallest absolute Gasteiger partial charge is 0.213 e. The normalized spacial score (nSPS) is 54.0. The van der Waals surface area contributed by atoms with E-state index < -0.39 is 34.6 Å². The Bertz CT molecular complexity index is 994. The molecule has 4 bridgehead atoms.